The normalized spacial score (nSPS) is 11.4. The van der Waals surface area contributed by atoms with Crippen LogP contribution in [0.15, 0.2) is 71.8 Å². The van der Waals surface area contributed by atoms with Gasteiger partial charge in [0.05, 0.1) is 16.5 Å². The summed E-state index contributed by atoms with van der Waals surface area (Å²) in [6.07, 6.45) is 0.966. The van der Waals surface area contributed by atoms with E-state index in [-0.39, 0.29) is 21.8 Å². The van der Waals surface area contributed by atoms with E-state index in [0.29, 0.717) is 10.9 Å². The Hall–Kier alpha value is -3.83. The number of nitriles is 1. The number of fused-ring (bicyclic) bond motifs is 1. The summed E-state index contributed by atoms with van der Waals surface area (Å²) in [4.78, 5) is 16.6. The maximum absolute atomic E-state index is 14.3. The lowest BCUT2D eigenvalue weighted by Crippen LogP contribution is -2.18. The number of rotatable bonds is 5. The molecule has 6 nitrogen and oxygen atoms in total. The van der Waals surface area contributed by atoms with E-state index < -0.39 is 28.0 Å². The Balaban J connectivity index is 2.02. The number of hydrogen-bond donors (Lipinski definition) is 0. The molecule has 4 rings (SSSR count). The molecule has 0 atom stereocenters. The first-order valence-corrected chi connectivity index (χ1v) is 10.8. The van der Waals surface area contributed by atoms with Crippen molar-refractivity contribution < 1.29 is 17.6 Å². The first kappa shape index (κ1) is 20.4. The number of aryl methyl sites for hydroxylation is 1. The summed E-state index contributed by atoms with van der Waals surface area (Å²) < 4.78 is 42.2. The van der Waals surface area contributed by atoms with Gasteiger partial charge in [0, 0.05) is 17.1 Å². The predicted molar refractivity (Wildman–Crippen MR) is 113 cm³/mol. The lowest BCUT2D eigenvalue weighted by atomic mass is 10.1. The maximum Gasteiger partial charge on any atom is 0.268 e. The number of ketones is 1. The van der Waals surface area contributed by atoms with E-state index in [1.165, 1.54) is 42.6 Å². The Bertz CT molecular complexity index is 1470. The van der Waals surface area contributed by atoms with Gasteiger partial charge < -0.3 is 0 Å². The van der Waals surface area contributed by atoms with Gasteiger partial charge in [0.15, 0.2) is 5.78 Å². The van der Waals surface area contributed by atoms with Gasteiger partial charge in [-0.1, -0.05) is 29.8 Å². The van der Waals surface area contributed by atoms with Crippen LogP contribution < -0.4 is 0 Å². The smallest absolute Gasteiger partial charge is 0.268 e. The van der Waals surface area contributed by atoms with Crippen molar-refractivity contribution in [2.24, 2.45) is 0 Å². The molecule has 2 aromatic carbocycles. The third-order valence-corrected chi connectivity index (χ3v) is 6.62. The number of hydrogen-bond acceptors (Lipinski definition) is 5. The van der Waals surface area contributed by atoms with Crippen LogP contribution in [-0.2, 0) is 10.0 Å². The first-order chi connectivity index (χ1) is 14.8. The second kappa shape index (κ2) is 7.78. The van der Waals surface area contributed by atoms with Crippen LogP contribution >= 0.6 is 0 Å². The first-order valence-electron chi connectivity index (χ1n) is 9.31. The molecule has 0 aliphatic carbocycles. The zero-order chi connectivity index (χ0) is 22.2. The highest BCUT2D eigenvalue weighted by Crippen LogP contribution is 2.31. The van der Waals surface area contributed by atoms with Gasteiger partial charge in [-0.05, 0) is 43.3 Å². The van der Waals surface area contributed by atoms with Gasteiger partial charge in [0.25, 0.3) is 10.0 Å². The summed E-state index contributed by atoms with van der Waals surface area (Å²) in [6.45, 7) is 1.83. The third-order valence-electron chi connectivity index (χ3n) is 4.88. The number of halogens is 1. The zero-order valence-electron chi connectivity index (χ0n) is 16.4. The fourth-order valence-corrected chi connectivity index (χ4v) is 4.87. The van der Waals surface area contributed by atoms with Gasteiger partial charge in [0.2, 0.25) is 0 Å². The molecule has 0 aliphatic rings. The van der Waals surface area contributed by atoms with Crippen molar-refractivity contribution in [2.75, 3.05) is 0 Å². The van der Waals surface area contributed by atoms with Crippen molar-refractivity contribution in [3.05, 3.63) is 83.9 Å². The van der Waals surface area contributed by atoms with E-state index in [4.69, 9.17) is 5.26 Å². The SMILES string of the molecule is Cc1ccc(S(=O)(=O)n2c(C(=O)CC#N)cc3ccc(-c4ncccc4F)cc32)cc1. The van der Waals surface area contributed by atoms with Gasteiger partial charge in [0.1, 0.15) is 23.6 Å². The molecule has 31 heavy (non-hydrogen) atoms. The summed E-state index contributed by atoms with van der Waals surface area (Å²) in [6, 6.07) is 16.8. The van der Waals surface area contributed by atoms with Gasteiger partial charge in [-0.3, -0.25) is 9.78 Å². The highest BCUT2D eigenvalue weighted by Gasteiger charge is 2.26. The largest absolute Gasteiger partial charge is 0.291 e. The molecular formula is C23H16FN3O3S. The zero-order valence-corrected chi connectivity index (χ0v) is 17.2. The van der Waals surface area contributed by atoms with Crippen molar-refractivity contribution >= 4 is 26.7 Å². The molecule has 0 aliphatic heterocycles. The summed E-state index contributed by atoms with van der Waals surface area (Å²) in [5.41, 5.74) is 1.38. The topological polar surface area (TPSA) is 92.8 Å². The van der Waals surface area contributed by atoms with Gasteiger partial charge in [-0.25, -0.2) is 16.8 Å². The summed E-state index contributed by atoms with van der Waals surface area (Å²) in [5.74, 6) is -1.18. The number of Topliss-reactive ketones (excluding diaryl/α,β-unsaturated/α-hetero) is 1. The van der Waals surface area contributed by atoms with Crippen LogP contribution in [0.4, 0.5) is 4.39 Å². The minimum Gasteiger partial charge on any atom is -0.291 e. The van der Waals surface area contributed by atoms with E-state index >= 15 is 0 Å². The summed E-state index contributed by atoms with van der Waals surface area (Å²) in [5, 5.41) is 9.43. The second-order valence-electron chi connectivity index (χ2n) is 6.98. The number of pyridine rings is 1. The van der Waals surface area contributed by atoms with Crippen LogP contribution in [0.3, 0.4) is 0 Å². The standard InChI is InChI=1S/C23H16FN3O3S/c1-15-4-8-18(9-5-15)31(29,30)27-20-14-17(23-19(24)3-2-12-26-23)7-6-16(20)13-21(27)22(28)10-11-25/h2-9,12-14H,10H2,1H3. The number of carbonyl (C=O) groups excluding carboxylic acids is 1. The second-order valence-corrected chi connectivity index (χ2v) is 8.76. The molecule has 154 valence electrons. The Morgan fingerprint density at radius 2 is 1.87 bits per heavy atom. The lowest BCUT2D eigenvalue weighted by molar-refractivity contribution is 0.0992. The van der Waals surface area contributed by atoms with Crippen LogP contribution in [-0.4, -0.2) is 23.2 Å². The molecule has 0 saturated carbocycles. The van der Waals surface area contributed by atoms with Crippen LogP contribution in [0.25, 0.3) is 22.2 Å². The molecule has 2 aromatic heterocycles. The van der Waals surface area contributed by atoms with Crippen LogP contribution in [0.2, 0.25) is 0 Å². The number of nitrogens with zero attached hydrogens (tertiary/aromatic N) is 3. The molecule has 4 aromatic rings. The molecule has 0 spiro atoms. The van der Waals surface area contributed by atoms with E-state index in [0.717, 1.165) is 9.54 Å². The molecule has 0 amide bonds. The quantitative estimate of drug-likeness (QED) is 0.433. The van der Waals surface area contributed by atoms with Crippen molar-refractivity contribution in [1.82, 2.24) is 8.96 Å². The van der Waals surface area contributed by atoms with Crippen LogP contribution in [0, 0.1) is 24.1 Å². The summed E-state index contributed by atoms with van der Waals surface area (Å²) >= 11 is 0. The average Bonchev–Trinajstić information content (AvgIpc) is 3.14. The highest BCUT2D eigenvalue weighted by atomic mass is 32.2. The Morgan fingerprint density at radius 3 is 2.55 bits per heavy atom. The molecule has 0 saturated heterocycles. The molecule has 0 radical (unpaired) electrons. The summed E-state index contributed by atoms with van der Waals surface area (Å²) in [7, 11) is -4.17. The Kier molecular flexibility index (Phi) is 5.13. The van der Waals surface area contributed by atoms with Gasteiger partial charge in [-0.15, -0.1) is 0 Å². The van der Waals surface area contributed by atoms with E-state index in [1.807, 2.05) is 6.92 Å². The fourth-order valence-electron chi connectivity index (χ4n) is 3.35. The molecule has 0 fully saturated rings. The van der Waals surface area contributed by atoms with Crippen LogP contribution in [0.5, 0.6) is 0 Å². The number of carbonyl (C=O) groups is 1. The molecule has 0 unspecified atom stereocenters. The number of aromatic nitrogens is 2. The predicted octanol–water partition coefficient (Wildman–Crippen LogP) is 4.48. The van der Waals surface area contributed by atoms with Crippen molar-refractivity contribution in [2.45, 2.75) is 18.2 Å². The molecule has 0 N–H and O–H groups in total. The maximum atomic E-state index is 14.3. The minimum atomic E-state index is -4.17. The molecule has 0 bridgehead atoms. The van der Waals surface area contributed by atoms with Gasteiger partial charge in [-0.2, -0.15) is 5.26 Å². The van der Waals surface area contributed by atoms with E-state index in [2.05, 4.69) is 4.98 Å². The van der Waals surface area contributed by atoms with Gasteiger partial charge >= 0.3 is 0 Å². The van der Waals surface area contributed by atoms with E-state index in [9.17, 15) is 17.6 Å². The molecule has 8 heteroatoms. The molecular weight excluding hydrogens is 417 g/mol. The van der Waals surface area contributed by atoms with Crippen molar-refractivity contribution in [3.63, 3.8) is 0 Å². The Morgan fingerprint density at radius 1 is 1.13 bits per heavy atom. The van der Waals surface area contributed by atoms with Crippen molar-refractivity contribution in [3.8, 4) is 17.3 Å². The third kappa shape index (κ3) is 3.60. The average molecular weight is 433 g/mol. The van der Waals surface area contributed by atoms with E-state index in [1.54, 1.807) is 30.3 Å². The fraction of sp³-hybridized carbons (Fsp3) is 0.0870. The number of benzene rings is 2. The monoisotopic (exact) mass is 433 g/mol. The lowest BCUT2D eigenvalue weighted by Gasteiger charge is -2.12. The molecule has 2 heterocycles. The minimum absolute atomic E-state index is 0.00368. The van der Waals surface area contributed by atoms with Crippen LogP contribution in [0.1, 0.15) is 22.5 Å². The Labute approximate surface area is 178 Å². The van der Waals surface area contributed by atoms with Crippen molar-refractivity contribution in [1.29, 1.82) is 5.26 Å². The highest BCUT2D eigenvalue weighted by molar-refractivity contribution is 7.90.